The fraction of sp³-hybridized carbons (Fsp3) is 0.143. The Labute approximate surface area is 158 Å². The maximum Gasteiger partial charge on any atom is 0.127 e. The van der Waals surface area contributed by atoms with Crippen LogP contribution >= 0.6 is 23.2 Å². The first-order valence-corrected chi connectivity index (χ1v) is 8.87. The smallest absolute Gasteiger partial charge is 0.127 e. The first-order valence-electron chi connectivity index (χ1n) is 8.12. The fourth-order valence-corrected chi connectivity index (χ4v) is 2.99. The Morgan fingerprint density at radius 3 is 2.28 bits per heavy atom. The van der Waals surface area contributed by atoms with Crippen molar-refractivity contribution in [3.63, 3.8) is 0 Å². The van der Waals surface area contributed by atoms with Crippen molar-refractivity contribution in [3.8, 4) is 11.5 Å². The lowest BCUT2D eigenvalue weighted by Gasteiger charge is -2.16. The average Bonchev–Trinajstić information content (AvgIpc) is 2.64. The molecule has 3 rings (SSSR count). The van der Waals surface area contributed by atoms with Gasteiger partial charge in [0.25, 0.3) is 0 Å². The Bertz CT molecular complexity index is 819. The van der Waals surface area contributed by atoms with Gasteiger partial charge in [-0.05, 0) is 60.5 Å². The van der Waals surface area contributed by atoms with Crippen LogP contribution in [-0.4, -0.2) is 0 Å². The lowest BCUT2D eigenvalue weighted by molar-refractivity contribution is 0.482. The van der Waals surface area contributed by atoms with Crippen LogP contribution in [0.1, 0.15) is 24.1 Å². The lowest BCUT2D eigenvalue weighted by Crippen LogP contribution is -2.18. The molecule has 0 radical (unpaired) electrons. The van der Waals surface area contributed by atoms with Crippen LogP contribution in [0.4, 0.5) is 0 Å². The molecule has 1 unspecified atom stereocenters. The highest BCUT2D eigenvalue weighted by atomic mass is 35.5. The van der Waals surface area contributed by atoms with Gasteiger partial charge in [0.1, 0.15) is 11.5 Å². The van der Waals surface area contributed by atoms with Crippen molar-refractivity contribution in [1.29, 1.82) is 0 Å². The van der Waals surface area contributed by atoms with E-state index in [0.717, 1.165) is 28.6 Å². The number of halogens is 2. The molecule has 1 atom stereocenters. The van der Waals surface area contributed by atoms with E-state index >= 15 is 0 Å². The number of nitrogens with one attached hydrogen (secondary N) is 1. The second-order valence-electron chi connectivity index (χ2n) is 5.83. The Balaban J connectivity index is 1.59. The third-order valence-electron chi connectivity index (χ3n) is 3.94. The van der Waals surface area contributed by atoms with E-state index in [9.17, 15) is 0 Å². The van der Waals surface area contributed by atoms with E-state index < -0.39 is 0 Å². The van der Waals surface area contributed by atoms with Gasteiger partial charge in [0, 0.05) is 22.6 Å². The van der Waals surface area contributed by atoms with Crippen LogP contribution in [0.3, 0.4) is 0 Å². The Morgan fingerprint density at radius 2 is 1.56 bits per heavy atom. The summed E-state index contributed by atoms with van der Waals surface area (Å²) in [5.74, 6) is 1.65. The van der Waals surface area contributed by atoms with Crippen molar-refractivity contribution in [2.45, 2.75) is 19.5 Å². The van der Waals surface area contributed by atoms with Gasteiger partial charge in [0.2, 0.25) is 0 Å². The van der Waals surface area contributed by atoms with Gasteiger partial charge in [-0.1, -0.05) is 53.5 Å². The second-order valence-corrected chi connectivity index (χ2v) is 6.67. The minimum atomic E-state index is 0.103. The van der Waals surface area contributed by atoms with Gasteiger partial charge in [0.15, 0.2) is 0 Å². The highest BCUT2D eigenvalue weighted by Gasteiger charge is 2.10. The zero-order valence-electron chi connectivity index (χ0n) is 13.9. The van der Waals surface area contributed by atoms with Crippen molar-refractivity contribution >= 4 is 23.2 Å². The van der Waals surface area contributed by atoms with Gasteiger partial charge in [-0.2, -0.15) is 0 Å². The Kier molecular flexibility index (Phi) is 5.98. The number of para-hydroxylation sites is 1. The van der Waals surface area contributed by atoms with Crippen LogP contribution in [-0.2, 0) is 6.54 Å². The fourth-order valence-electron chi connectivity index (χ4n) is 2.53. The summed E-state index contributed by atoms with van der Waals surface area (Å²) >= 11 is 12.3. The zero-order valence-corrected chi connectivity index (χ0v) is 15.4. The molecule has 0 spiro atoms. The number of ether oxygens (including phenoxy) is 1. The monoisotopic (exact) mass is 371 g/mol. The molecule has 0 bridgehead atoms. The maximum atomic E-state index is 6.26. The number of benzene rings is 3. The molecular formula is C21H19Cl2NO. The van der Waals surface area contributed by atoms with Gasteiger partial charge in [-0.25, -0.2) is 0 Å². The van der Waals surface area contributed by atoms with E-state index in [-0.39, 0.29) is 6.04 Å². The molecule has 1 N–H and O–H groups in total. The summed E-state index contributed by atoms with van der Waals surface area (Å²) in [6.07, 6.45) is 0. The molecule has 0 saturated carbocycles. The van der Waals surface area contributed by atoms with Crippen LogP contribution in [0.25, 0.3) is 0 Å². The minimum absolute atomic E-state index is 0.103. The first-order chi connectivity index (χ1) is 12.1. The second kappa shape index (κ2) is 8.39. The van der Waals surface area contributed by atoms with Crippen molar-refractivity contribution in [3.05, 3.63) is 94.0 Å². The summed E-state index contributed by atoms with van der Waals surface area (Å²) in [5, 5.41) is 4.88. The largest absolute Gasteiger partial charge is 0.457 e. The van der Waals surface area contributed by atoms with Gasteiger partial charge >= 0.3 is 0 Å². The highest BCUT2D eigenvalue weighted by Crippen LogP contribution is 2.26. The van der Waals surface area contributed by atoms with Crippen molar-refractivity contribution in [2.75, 3.05) is 0 Å². The predicted molar refractivity (Wildman–Crippen MR) is 105 cm³/mol. The van der Waals surface area contributed by atoms with E-state index in [1.807, 2.05) is 54.6 Å². The highest BCUT2D eigenvalue weighted by molar-refractivity contribution is 6.33. The van der Waals surface area contributed by atoms with E-state index in [0.29, 0.717) is 5.02 Å². The van der Waals surface area contributed by atoms with Crippen LogP contribution in [0.15, 0.2) is 72.8 Å². The molecule has 4 heteroatoms. The van der Waals surface area contributed by atoms with Gasteiger partial charge < -0.3 is 10.1 Å². The van der Waals surface area contributed by atoms with E-state index in [1.54, 1.807) is 6.07 Å². The summed E-state index contributed by atoms with van der Waals surface area (Å²) in [7, 11) is 0. The van der Waals surface area contributed by atoms with E-state index in [4.69, 9.17) is 27.9 Å². The van der Waals surface area contributed by atoms with Crippen molar-refractivity contribution in [1.82, 2.24) is 5.32 Å². The third kappa shape index (κ3) is 4.99. The molecule has 0 aliphatic heterocycles. The van der Waals surface area contributed by atoms with Gasteiger partial charge in [-0.3, -0.25) is 0 Å². The summed E-state index contributed by atoms with van der Waals surface area (Å²) in [5.41, 5.74) is 2.17. The predicted octanol–water partition coefficient (Wildman–Crippen LogP) is 6.64. The summed E-state index contributed by atoms with van der Waals surface area (Å²) < 4.78 is 5.80. The van der Waals surface area contributed by atoms with Crippen LogP contribution < -0.4 is 10.1 Å². The first kappa shape index (κ1) is 17.8. The molecule has 2 nitrogen and oxygen atoms in total. The molecule has 128 valence electrons. The molecular weight excluding hydrogens is 353 g/mol. The molecule has 3 aromatic rings. The van der Waals surface area contributed by atoms with E-state index in [1.165, 1.54) is 5.56 Å². The van der Waals surface area contributed by atoms with Crippen LogP contribution in [0, 0.1) is 0 Å². The van der Waals surface area contributed by atoms with Gasteiger partial charge in [-0.15, -0.1) is 0 Å². The molecule has 0 saturated heterocycles. The van der Waals surface area contributed by atoms with Crippen molar-refractivity contribution in [2.24, 2.45) is 0 Å². The van der Waals surface area contributed by atoms with E-state index in [2.05, 4.69) is 24.4 Å². The number of rotatable bonds is 6. The molecule has 0 aliphatic carbocycles. The lowest BCUT2D eigenvalue weighted by atomic mass is 10.1. The SMILES string of the molecule is CC(NCc1ccc(Oc2ccccc2)cc1)c1cc(Cl)ccc1Cl. The Hall–Kier alpha value is -2.00. The van der Waals surface area contributed by atoms with Crippen LogP contribution in [0.5, 0.6) is 11.5 Å². The molecule has 3 aromatic carbocycles. The Morgan fingerprint density at radius 1 is 0.880 bits per heavy atom. The molecule has 0 amide bonds. The molecule has 0 aromatic heterocycles. The van der Waals surface area contributed by atoms with Crippen LogP contribution in [0.2, 0.25) is 10.0 Å². The number of hydrogen-bond acceptors (Lipinski definition) is 2. The standard InChI is InChI=1S/C21H19Cl2NO/c1-15(20-13-17(22)9-12-21(20)23)24-14-16-7-10-19(11-8-16)25-18-5-3-2-4-6-18/h2-13,15,24H,14H2,1H3. The molecule has 0 fully saturated rings. The van der Waals surface area contributed by atoms with Crippen molar-refractivity contribution < 1.29 is 4.74 Å². The summed E-state index contributed by atoms with van der Waals surface area (Å²) in [4.78, 5) is 0. The normalized spacial score (nSPS) is 12.0. The van der Waals surface area contributed by atoms with Gasteiger partial charge in [0.05, 0.1) is 0 Å². The quantitative estimate of drug-likeness (QED) is 0.524. The topological polar surface area (TPSA) is 21.3 Å². The third-order valence-corrected chi connectivity index (χ3v) is 4.52. The maximum absolute atomic E-state index is 6.26. The summed E-state index contributed by atoms with van der Waals surface area (Å²) in [6, 6.07) is 23.4. The minimum Gasteiger partial charge on any atom is -0.457 e. The average molecular weight is 372 g/mol. The summed E-state index contributed by atoms with van der Waals surface area (Å²) in [6.45, 7) is 2.81. The molecule has 0 heterocycles. The zero-order chi connectivity index (χ0) is 17.6. The number of hydrogen-bond donors (Lipinski definition) is 1. The molecule has 25 heavy (non-hydrogen) atoms. The molecule has 0 aliphatic rings.